The second kappa shape index (κ2) is 3.17. The molecule has 1 aliphatic heterocycles. The Morgan fingerprint density at radius 3 is 2.64 bits per heavy atom. The molecule has 2 unspecified atom stereocenters. The molecule has 1 aliphatic rings. The van der Waals surface area contributed by atoms with Crippen LogP contribution in [0.2, 0.25) is 0 Å². The van der Waals surface area contributed by atoms with Crippen molar-refractivity contribution in [3.8, 4) is 0 Å². The summed E-state index contributed by atoms with van der Waals surface area (Å²) in [7, 11) is 3.35. The minimum atomic E-state index is -0.858. The predicted molar refractivity (Wildman–Crippen MR) is 40.0 cm³/mol. The Balaban J connectivity index is 2.43. The molecule has 0 aliphatic carbocycles. The van der Waals surface area contributed by atoms with Crippen molar-refractivity contribution in [2.75, 3.05) is 20.6 Å². The zero-order valence-corrected chi connectivity index (χ0v) is 6.80. The van der Waals surface area contributed by atoms with Crippen LogP contribution < -0.4 is 5.32 Å². The standard InChI is InChI=1S/C7H13FN2O/c1-10(2)7(11)6-3-5(8)4-9-6/h5-6,9H,3-4H2,1-2H3. The fourth-order valence-corrected chi connectivity index (χ4v) is 1.19. The molecule has 0 bridgehead atoms. The van der Waals surface area contributed by atoms with Gasteiger partial charge in [0, 0.05) is 27.1 Å². The third-order valence-electron chi connectivity index (χ3n) is 1.82. The summed E-state index contributed by atoms with van der Waals surface area (Å²) in [6, 6.07) is -0.306. The van der Waals surface area contributed by atoms with Crippen LogP contribution in [0.3, 0.4) is 0 Å². The van der Waals surface area contributed by atoms with Crippen LogP contribution >= 0.6 is 0 Å². The maximum atomic E-state index is 12.6. The Hall–Kier alpha value is -0.640. The average Bonchev–Trinajstić information content (AvgIpc) is 2.34. The number of nitrogens with zero attached hydrogens (tertiary/aromatic N) is 1. The minimum absolute atomic E-state index is 0.0369. The molecule has 11 heavy (non-hydrogen) atoms. The van der Waals surface area contributed by atoms with Crippen LogP contribution in [0.1, 0.15) is 6.42 Å². The summed E-state index contributed by atoms with van der Waals surface area (Å²) < 4.78 is 12.6. The van der Waals surface area contributed by atoms with Crippen molar-refractivity contribution >= 4 is 5.91 Å². The first-order chi connectivity index (χ1) is 5.11. The third-order valence-corrected chi connectivity index (χ3v) is 1.82. The number of carbonyl (C=O) groups excluding carboxylic acids is 1. The van der Waals surface area contributed by atoms with Crippen LogP contribution in [-0.4, -0.2) is 43.7 Å². The van der Waals surface area contributed by atoms with E-state index in [2.05, 4.69) is 5.32 Å². The molecular weight excluding hydrogens is 147 g/mol. The van der Waals surface area contributed by atoms with E-state index in [1.54, 1.807) is 14.1 Å². The van der Waals surface area contributed by atoms with Gasteiger partial charge in [0.05, 0.1) is 6.04 Å². The van der Waals surface area contributed by atoms with Gasteiger partial charge in [0.2, 0.25) is 5.91 Å². The van der Waals surface area contributed by atoms with E-state index in [4.69, 9.17) is 0 Å². The van der Waals surface area contributed by atoms with Crippen LogP contribution in [0.25, 0.3) is 0 Å². The van der Waals surface area contributed by atoms with E-state index in [-0.39, 0.29) is 11.9 Å². The van der Waals surface area contributed by atoms with Crippen LogP contribution in [0, 0.1) is 0 Å². The van der Waals surface area contributed by atoms with Gasteiger partial charge in [-0.1, -0.05) is 0 Å². The smallest absolute Gasteiger partial charge is 0.239 e. The SMILES string of the molecule is CN(C)C(=O)C1CC(F)CN1. The lowest BCUT2D eigenvalue weighted by Crippen LogP contribution is -2.39. The largest absolute Gasteiger partial charge is 0.347 e. The lowest BCUT2D eigenvalue weighted by molar-refractivity contribution is -0.130. The first-order valence-corrected chi connectivity index (χ1v) is 3.70. The summed E-state index contributed by atoms with van der Waals surface area (Å²) in [5.74, 6) is -0.0369. The number of amides is 1. The molecule has 0 aromatic rings. The summed E-state index contributed by atoms with van der Waals surface area (Å²) >= 11 is 0. The molecule has 1 rings (SSSR count). The van der Waals surface area contributed by atoms with E-state index in [1.165, 1.54) is 4.90 Å². The molecule has 0 radical (unpaired) electrons. The van der Waals surface area contributed by atoms with E-state index in [0.29, 0.717) is 13.0 Å². The maximum Gasteiger partial charge on any atom is 0.239 e. The van der Waals surface area contributed by atoms with E-state index in [1.807, 2.05) is 0 Å². The molecule has 3 nitrogen and oxygen atoms in total. The molecule has 0 saturated carbocycles. The monoisotopic (exact) mass is 160 g/mol. The second-order valence-electron chi connectivity index (χ2n) is 3.03. The fraction of sp³-hybridized carbons (Fsp3) is 0.857. The summed E-state index contributed by atoms with van der Waals surface area (Å²) in [5, 5.41) is 2.82. The number of rotatable bonds is 1. The normalized spacial score (nSPS) is 30.5. The molecule has 1 N–H and O–H groups in total. The Morgan fingerprint density at radius 1 is 1.64 bits per heavy atom. The van der Waals surface area contributed by atoms with E-state index in [0.717, 1.165) is 0 Å². The predicted octanol–water partition coefficient (Wildman–Crippen LogP) is -0.225. The topological polar surface area (TPSA) is 32.3 Å². The maximum absolute atomic E-state index is 12.6. The van der Waals surface area contributed by atoms with Gasteiger partial charge in [0.1, 0.15) is 6.17 Å². The van der Waals surface area contributed by atoms with E-state index >= 15 is 0 Å². The lowest BCUT2D eigenvalue weighted by atomic mass is 10.2. The van der Waals surface area contributed by atoms with Crippen molar-refractivity contribution < 1.29 is 9.18 Å². The summed E-state index contributed by atoms with van der Waals surface area (Å²) in [6.45, 7) is 0.310. The first-order valence-electron chi connectivity index (χ1n) is 3.70. The van der Waals surface area contributed by atoms with Gasteiger partial charge < -0.3 is 10.2 Å². The van der Waals surface area contributed by atoms with Gasteiger partial charge in [-0.2, -0.15) is 0 Å². The fourth-order valence-electron chi connectivity index (χ4n) is 1.19. The number of likely N-dealkylation sites (N-methyl/N-ethyl adjacent to an activating group) is 1. The highest BCUT2D eigenvalue weighted by Gasteiger charge is 2.29. The van der Waals surface area contributed by atoms with Gasteiger partial charge in [0.15, 0.2) is 0 Å². The number of halogens is 1. The molecule has 0 aromatic carbocycles. The first kappa shape index (κ1) is 8.46. The molecule has 4 heteroatoms. The molecule has 1 amide bonds. The van der Waals surface area contributed by atoms with Crippen molar-refractivity contribution in [3.63, 3.8) is 0 Å². The van der Waals surface area contributed by atoms with Gasteiger partial charge in [-0.05, 0) is 0 Å². The van der Waals surface area contributed by atoms with Gasteiger partial charge >= 0.3 is 0 Å². The molecule has 0 spiro atoms. The molecule has 1 fully saturated rings. The van der Waals surface area contributed by atoms with Crippen LogP contribution in [0.4, 0.5) is 4.39 Å². The molecule has 1 heterocycles. The van der Waals surface area contributed by atoms with Crippen molar-refractivity contribution in [1.29, 1.82) is 0 Å². The Kier molecular flexibility index (Phi) is 2.44. The van der Waals surface area contributed by atoms with Crippen molar-refractivity contribution in [1.82, 2.24) is 10.2 Å². The highest BCUT2D eigenvalue weighted by molar-refractivity contribution is 5.81. The van der Waals surface area contributed by atoms with Gasteiger partial charge in [-0.25, -0.2) is 4.39 Å². The highest BCUT2D eigenvalue weighted by atomic mass is 19.1. The molecule has 1 saturated heterocycles. The Labute approximate surface area is 65.6 Å². The van der Waals surface area contributed by atoms with Gasteiger partial charge in [0.25, 0.3) is 0 Å². The van der Waals surface area contributed by atoms with Crippen molar-refractivity contribution in [3.05, 3.63) is 0 Å². The Morgan fingerprint density at radius 2 is 2.27 bits per heavy atom. The van der Waals surface area contributed by atoms with Crippen molar-refractivity contribution in [2.24, 2.45) is 0 Å². The van der Waals surface area contributed by atoms with Gasteiger partial charge in [-0.15, -0.1) is 0 Å². The Bertz CT molecular complexity index is 161. The summed E-state index contributed by atoms with van der Waals surface area (Å²) in [4.78, 5) is 12.7. The number of hydrogen-bond acceptors (Lipinski definition) is 2. The number of hydrogen-bond donors (Lipinski definition) is 1. The quantitative estimate of drug-likeness (QED) is 0.575. The second-order valence-corrected chi connectivity index (χ2v) is 3.03. The zero-order valence-electron chi connectivity index (χ0n) is 6.80. The van der Waals surface area contributed by atoms with Crippen LogP contribution in [0.15, 0.2) is 0 Å². The lowest BCUT2D eigenvalue weighted by Gasteiger charge is -2.15. The van der Waals surface area contributed by atoms with E-state index in [9.17, 15) is 9.18 Å². The summed E-state index contributed by atoms with van der Waals surface area (Å²) in [5.41, 5.74) is 0. The third kappa shape index (κ3) is 1.89. The number of nitrogens with one attached hydrogen (secondary N) is 1. The molecular formula is C7H13FN2O. The zero-order chi connectivity index (χ0) is 8.43. The highest BCUT2D eigenvalue weighted by Crippen LogP contribution is 2.10. The van der Waals surface area contributed by atoms with Crippen LogP contribution in [0.5, 0.6) is 0 Å². The van der Waals surface area contributed by atoms with Crippen molar-refractivity contribution in [2.45, 2.75) is 18.6 Å². The van der Waals surface area contributed by atoms with E-state index < -0.39 is 6.17 Å². The number of carbonyl (C=O) groups is 1. The van der Waals surface area contributed by atoms with Gasteiger partial charge in [-0.3, -0.25) is 4.79 Å². The average molecular weight is 160 g/mol. The summed E-state index contributed by atoms with van der Waals surface area (Å²) in [6.07, 6.45) is -0.541. The molecule has 0 aromatic heterocycles. The van der Waals surface area contributed by atoms with Crippen LogP contribution in [-0.2, 0) is 4.79 Å². The number of alkyl halides is 1. The molecule has 2 atom stereocenters. The minimum Gasteiger partial charge on any atom is -0.347 e. The molecule has 64 valence electrons.